The molecule has 1 aliphatic rings. The van der Waals surface area contributed by atoms with E-state index in [4.69, 9.17) is 9.47 Å². The van der Waals surface area contributed by atoms with Gasteiger partial charge in [-0.15, -0.1) is 0 Å². The number of hydrogen-bond donors (Lipinski definition) is 0. The smallest absolute Gasteiger partial charge is 0.293 e. The number of rotatable bonds is 9. The van der Waals surface area contributed by atoms with E-state index >= 15 is 0 Å². The van der Waals surface area contributed by atoms with Crippen molar-refractivity contribution < 1.29 is 24.0 Å². The Kier molecular flexibility index (Phi) is 7.86. The van der Waals surface area contributed by atoms with Crippen molar-refractivity contribution in [2.75, 3.05) is 6.61 Å². The Morgan fingerprint density at radius 2 is 1.76 bits per heavy atom. The number of nitro benzene ring substituents is 1. The fraction of sp³-hybridized carbons (Fsp3) is 0.148. The second-order valence-corrected chi connectivity index (χ2v) is 8.84. The molecule has 0 aliphatic carbocycles. The second-order valence-electron chi connectivity index (χ2n) is 7.85. The summed E-state index contributed by atoms with van der Waals surface area (Å²) in [5, 5.41) is 20.1. The highest BCUT2D eigenvalue weighted by atomic mass is 32.2. The molecular formula is C27H21N3O6S. The molecule has 0 atom stereocenters. The number of para-hydroxylation sites is 1. The lowest BCUT2D eigenvalue weighted by molar-refractivity contribution is -0.385. The average molecular weight is 516 g/mol. The third kappa shape index (κ3) is 5.79. The van der Waals surface area contributed by atoms with Gasteiger partial charge in [0.1, 0.15) is 6.61 Å². The van der Waals surface area contributed by atoms with Crippen LogP contribution in [0.5, 0.6) is 11.5 Å². The number of imide groups is 1. The third-order valence-corrected chi connectivity index (χ3v) is 6.38. The first-order valence-corrected chi connectivity index (χ1v) is 12.1. The number of benzene rings is 3. The van der Waals surface area contributed by atoms with E-state index in [1.165, 1.54) is 18.2 Å². The van der Waals surface area contributed by atoms with Gasteiger partial charge in [0.25, 0.3) is 16.8 Å². The molecule has 1 saturated heterocycles. The third-order valence-electron chi connectivity index (χ3n) is 5.48. The topological polar surface area (TPSA) is 123 Å². The molecule has 2 amide bonds. The molecule has 186 valence electrons. The van der Waals surface area contributed by atoms with Crippen molar-refractivity contribution >= 4 is 34.7 Å². The molecule has 1 aliphatic heterocycles. The molecule has 0 spiro atoms. The number of nitriles is 1. The van der Waals surface area contributed by atoms with Crippen molar-refractivity contribution in [1.29, 1.82) is 5.26 Å². The van der Waals surface area contributed by atoms with Crippen LogP contribution in [0.15, 0.2) is 71.6 Å². The number of thioether (sulfide) groups is 1. The van der Waals surface area contributed by atoms with Gasteiger partial charge in [-0.25, -0.2) is 0 Å². The maximum Gasteiger partial charge on any atom is 0.293 e. The Bertz CT molecular complexity index is 1450. The highest BCUT2D eigenvalue weighted by Crippen LogP contribution is 2.36. The number of carbonyl (C=O) groups excluding carboxylic acids is 2. The fourth-order valence-corrected chi connectivity index (χ4v) is 4.53. The van der Waals surface area contributed by atoms with Gasteiger partial charge >= 0.3 is 0 Å². The molecule has 10 heteroatoms. The van der Waals surface area contributed by atoms with Crippen molar-refractivity contribution in [3.8, 4) is 17.6 Å². The minimum absolute atomic E-state index is 0.153. The standard InChI is InChI=1S/C27H21N3O6S/c1-2-35-24-13-18(11-12-23(24)36-17-21-9-4-3-7-19(21)15-28)14-25-26(31)29(27(32)37-25)16-20-8-5-6-10-22(20)30(33)34/h3-14H,2,16-17H2,1H3/b25-14-. The van der Waals surface area contributed by atoms with E-state index < -0.39 is 16.1 Å². The van der Waals surface area contributed by atoms with Gasteiger partial charge in [0, 0.05) is 17.2 Å². The van der Waals surface area contributed by atoms with Crippen LogP contribution in [-0.4, -0.2) is 27.6 Å². The molecule has 0 saturated carbocycles. The van der Waals surface area contributed by atoms with Gasteiger partial charge in [-0.1, -0.05) is 42.5 Å². The number of carbonyl (C=O) groups is 2. The first-order chi connectivity index (χ1) is 17.9. The molecule has 4 rings (SSSR count). The van der Waals surface area contributed by atoms with Gasteiger partial charge in [0.2, 0.25) is 0 Å². The molecule has 0 unspecified atom stereocenters. The quantitative estimate of drug-likeness (QED) is 0.203. The Hall–Kier alpha value is -4.62. The van der Waals surface area contributed by atoms with E-state index in [9.17, 15) is 25.0 Å². The van der Waals surface area contributed by atoms with Crippen LogP contribution in [0.2, 0.25) is 0 Å². The van der Waals surface area contributed by atoms with E-state index in [0.29, 0.717) is 29.2 Å². The summed E-state index contributed by atoms with van der Waals surface area (Å²) in [6.45, 7) is 2.19. The minimum atomic E-state index is -0.540. The van der Waals surface area contributed by atoms with E-state index in [0.717, 1.165) is 22.2 Å². The number of ether oxygens (including phenoxy) is 2. The lowest BCUT2D eigenvalue weighted by atomic mass is 10.1. The molecule has 0 N–H and O–H groups in total. The largest absolute Gasteiger partial charge is 0.490 e. The summed E-state index contributed by atoms with van der Waals surface area (Å²) < 4.78 is 11.6. The second kappa shape index (κ2) is 11.4. The van der Waals surface area contributed by atoms with Crippen molar-refractivity contribution in [1.82, 2.24) is 4.90 Å². The molecule has 1 fully saturated rings. The van der Waals surface area contributed by atoms with Gasteiger partial charge in [0.15, 0.2) is 11.5 Å². The van der Waals surface area contributed by atoms with Crippen LogP contribution in [0.1, 0.15) is 29.2 Å². The lowest BCUT2D eigenvalue weighted by Crippen LogP contribution is -2.27. The van der Waals surface area contributed by atoms with Gasteiger partial charge in [-0.2, -0.15) is 5.26 Å². The van der Waals surface area contributed by atoms with Crippen LogP contribution < -0.4 is 9.47 Å². The van der Waals surface area contributed by atoms with E-state index in [-0.39, 0.29) is 29.3 Å². The summed E-state index contributed by atoms with van der Waals surface area (Å²) in [6.07, 6.45) is 1.57. The summed E-state index contributed by atoms with van der Waals surface area (Å²) >= 11 is 0.771. The highest BCUT2D eigenvalue weighted by Gasteiger charge is 2.36. The molecule has 3 aromatic rings. The predicted octanol–water partition coefficient (Wildman–Crippen LogP) is 5.68. The van der Waals surface area contributed by atoms with Crippen LogP contribution in [0.25, 0.3) is 6.08 Å². The predicted molar refractivity (Wildman–Crippen MR) is 138 cm³/mol. The fourth-order valence-electron chi connectivity index (χ4n) is 3.69. The summed E-state index contributed by atoms with van der Waals surface area (Å²) in [7, 11) is 0. The summed E-state index contributed by atoms with van der Waals surface area (Å²) in [6, 6.07) is 20.4. The monoisotopic (exact) mass is 515 g/mol. The van der Waals surface area contributed by atoms with Gasteiger partial charge in [-0.3, -0.25) is 24.6 Å². The lowest BCUT2D eigenvalue weighted by Gasteiger charge is -2.13. The number of hydrogen-bond acceptors (Lipinski definition) is 8. The van der Waals surface area contributed by atoms with Crippen molar-refractivity contribution in [3.63, 3.8) is 0 Å². The van der Waals surface area contributed by atoms with Crippen LogP contribution in [0.4, 0.5) is 10.5 Å². The Morgan fingerprint density at radius 3 is 2.49 bits per heavy atom. The molecule has 1 heterocycles. The van der Waals surface area contributed by atoms with Crippen molar-refractivity contribution in [2.45, 2.75) is 20.1 Å². The van der Waals surface area contributed by atoms with E-state index in [1.807, 2.05) is 19.1 Å². The van der Waals surface area contributed by atoms with Crippen LogP contribution in [-0.2, 0) is 17.9 Å². The molecule has 0 aromatic heterocycles. The number of nitrogens with zero attached hydrogens (tertiary/aromatic N) is 3. The first kappa shape index (κ1) is 25.5. The summed E-state index contributed by atoms with van der Waals surface area (Å²) in [5.41, 5.74) is 2.00. The minimum Gasteiger partial charge on any atom is -0.490 e. The zero-order valence-corrected chi connectivity index (χ0v) is 20.6. The van der Waals surface area contributed by atoms with Crippen molar-refractivity contribution in [2.24, 2.45) is 0 Å². The molecule has 9 nitrogen and oxygen atoms in total. The Labute approximate surface area is 217 Å². The molecule has 0 bridgehead atoms. The van der Waals surface area contributed by atoms with E-state index in [1.54, 1.807) is 42.5 Å². The number of nitro groups is 1. The molecule has 3 aromatic carbocycles. The highest BCUT2D eigenvalue weighted by molar-refractivity contribution is 8.18. The average Bonchev–Trinajstić information content (AvgIpc) is 3.16. The molecule has 0 radical (unpaired) electrons. The van der Waals surface area contributed by atoms with Gasteiger partial charge in [0.05, 0.1) is 34.6 Å². The van der Waals surface area contributed by atoms with Crippen LogP contribution in [0, 0.1) is 21.4 Å². The maximum atomic E-state index is 13.0. The zero-order valence-electron chi connectivity index (χ0n) is 19.7. The van der Waals surface area contributed by atoms with Crippen LogP contribution in [0.3, 0.4) is 0 Å². The SMILES string of the molecule is CCOc1cc(/C=C2\SC(=O)N(Cc3ccccc3[N+](=O)[O-])C2=O)ccc1OCc1ccccc1C#N. The summed E-state index contributed by atoms with van der Waals surface area (Å²) in [5.74, 6) is 0.389. The van der Waals surface area contributed by atoms with Crippen molar-refractivity contribution in [3.05, 3.63) is 104 Å². The normalized spacial score (nSPS) is 14.1. The Balaban J connectivity index is 1.53. The van der Waals surface area contributed by atoms with Gasteiger partial charge < -0.3 is 9.47 Å². The van der Waals surface area contributed by atoms with Gasteiger partial charge in [-0.05, 0) is 48.5 Å². The number of amides is 2. The molecular weight excluding hydrogens is 494 g/mol. The molecule has 37 heavy (non-hydrogen) atoms. The van der Waals surface area contributed by atoms with E-state index in [2.05, 4.69) is 6.07 Å². The Morgan fingerprint density at radius 1 is 1.03 bits per heavy atom. The zero-order chi connectivity index (χ0) is 26.4. The van der Waals surface area contributed by atoms with Crippen LogP contribution >= 0.6 is 11.8 Å². The summed E-state index contributed by atoms with van der Waals surface area (Å²) in [4.78, 5) is 37.5. The first-order valence-electron chi connectivity index (χ1n) is 11.3. The maximum absolute atomic E-state index is 13.0.